The van der Waals surface area contributed by atoms with Crippen LogP contribution in [0.2, 0.25) is 0 Å². The Morgan fingerprint density at radius 1 is 1.15 bits per heavy atom. The average Bonchev–Trinajstić information content (AvgIpc) is 2.42. The van der Waals surface area contributed by atoms with E-state index in [4.69, 9.17) is 9.84 Å². The third-order valence-corrected chi connectivity index (χ3v) is 3.06. The van der Waals surface area contributed by atoms with Gasteiger partial charge in [0.05, 0.1) is 0 Å². The maximum Gasteiger partial charge on any atom is 0.328 e. The molecule has 0 atom stereocenters. The quantitative estimate of drug-likeness (QED) is 0.845. The molecule has 0 unspecified atom stereocenters. The Morgan fingerprint density at radius 3 is 2.65 bits per heavy atom. The smallest absolute Gasteiger partial charge is 0.328 e. The van der Waals surface area contributed by atoms with Crippen LogP contribution in [0.5, 0.6) is 11.5 Å². The Balaban J connectivity index is 2.24. The molecule has 102 valence electrons. The van der Waals surface area contributed by atoms with Gasteiger partial charge in [-0.25, -0.2) is 4.79 Å². The second kappa shape index (κ2) is 6.06. The molecule has 0 radical (unpaired) electrons. The first-order chi connectivity index (χ1) is 9.56. The molecule has 3 heteroatoms. The summed E-state index contributed by atoms with van der Waals surface area (Å²) in [6.45, 7) is 4.05. The van der Waals surface area contributed by atoms with Crippen molar-refractivity contribution in [2.75, 3.05) is 0 Å². The molecule has 0 aliphatic carbocycles. The van der Waals surface area contributed by atoms with Crippen LogP contribution in [0.1, 0.15) is 16.7 Å². The van der Waals surface area contributed by atoms with Crippen molar-refractivity contribution in [2.45, 2.75) is 13.8 Å². The van der Waals surface area contributed by atoms with Gasteiger partial charge in [-0.1, -0.05) is 24.3 Å². The van der Waals surface area contributed by atoms with Gasteiger partial charge >= 0.3 is 5.97 Å². The maximum atomic E-state index is 10.5. The summed E-state index contributed by atoms with van der Waals surface area (Å²) in [5.41, 5.74) is 3.05. The zero-order valence-corrected chi connectivity index (χ0v) is 11.5. The van der Waals surface area contributed by atoms with Crippen LogP contribution in [0.4, 0.5) is 0 Å². The van der Waals surface area contributed by atoms with Gasteiger partial charge in [-0.2, -0.15) is 0 Å². The van der Waals surface area contributed by atoms with E-state index in [2.05, 4.69) is 0 Å². The number of hydrogen-bond acceptors (Lipinski definition) is 2. The van der Waals surface area contributed by atoms with Crippen LogP contribution in [-0.2, 0) is 4.79 Å². The summed E-state index contributed by atoms with van der Waals surface area (Å²) < 4.78 is 5.86. The lowest BCUT2D eigenvalue weighted by Crippen LogP contribution is -1.90. The van der Waals surface area contributed by atoms with Gasteiger partial charge in [0.1, 0.15) is 11.5 Å². The van der Waals surface area contributed by atoms with Crippen LogP contribution in [0.15, 0.2) is 48.5 Å². The van der Waals surface area contributed by atoms with Crippen LogP contribution in [0, 0.1) is 13.8 Å². The van der Waals surface area contributed by atoms with E-state index in [0.717, 1.165) is 23.0 Å². The van der Waals surface area contributed by atoms with Crippen LogP contribution < -0.4 is 4.74 Å². The summed E-state index contributed by atoms with van der Waals surface area (Å²) in [5.74, 6) is 0.529. The normalized spacial score (nSPS) is 10.7. The van der Waals surface area contributed by atoms with Crippen molar-refractivity contribution in [1.82, 2.24) is 0 Å². The summed E-state index contributed by atoms with van der Waals surface area (Å²) in [6.07, 6.45) is 2.65. The molecular weight excluding hydrogens is 252 g/mol. The molecule has 0 spiro atoms. The molecule has 2 aromatic carbocycles. The highest BCUT2D eigenvalue weighted by molar-refractivity contribution is 5.85. The fourth-order valence-electron chi connectivity index (χ4n) is 1.81. The largest absolute Gasteiger partial charge is 0.478 e. The second-order valence-electron chi connectivity index (χ2n) is 4.54. The van der Waals surface area contributed by atoms with E-state index in [1.54, 1.807) is 6.07 Å². The van der Waals surface area contributed by atoms with E-state index in [1.165, 1.54) is 11.6 Å². The van der Waals surface area contributed by atoms with Gasteiger partial charge in [0.25, 0.3) is 0 Å². The molecule has 3 nitrogen and oxygen atoms in total. The molecule has 20 heavy (non-hydrogen) atoms. The molecule has 0 aliphatic rings. The maximum absolute atomic E-state index is 10.5. The van der Waals surface area contributed by atoms with Crippen molar-refractivity contribution in [2.24, 2.45) is 0 Å². The number of carboxylic acid groups (broad SMARTS) is 1. The molecule has 2 aromatic rings. The van der Waals surface area contributed by atoms with Gasteiger partial charge in [-0.05, 0) is 54.8 Å². The molecular formula is C17H16O3. The number of carboxylic acids is 1. The van der Waals surface area contributed by atoms with E-state index in [-0.39, 0.29) is 0 Å². The number of ether oxygens (including phenoxy) is 1. The Morgan fingerprint density at radius 2 is 1.90 bits per heavy atom. The van der Waals surface area contributed by atoms with E-state index in [0.29, 0.717) is 5.75 Å². The number of aliphatic carboxylic acids is 1. The van der Waals surface area contributed by atoms with Crippen molar-refractivity contribution < 1.29 is 14.6 Å². The van der Waals surface area contributed by atoms with Gasteiger partial charge in [0.15, 0.2) is 0 Å². The van der Waals surface area contributed by atoms with Crippen LogP contribution >= 0.6 is 0 Å². The Bertz CT molecular complexity index is 657. The Hall–Kier alpha value is -2.55. The zero-order chi connectivity index (χ0) is 14.5. The first-order valence-electron chi connectivity index (χ1n) is 6.31. The number of benzene rings is 2. The van der Waals surface area contributed by atoms with Crippen molar-refractivity contribution in [3.8, 4) is 11.5 Å². The molecule has 0 saturated heterocycles. The summed E-state index contributed by atoms with van der Waals surface area (Å²) >= 11 is 0. The van der Waals surface area contributed by atoms with E-state index >= 15 is 0 Å². The Labute approximate surface area is 118 Å². The Kier molecular flexibility index (Phi) is 4.20. The van der Waals surface area contributed by atoms with Gasteiger partial charge in [-0.3, -0.25) is 0 Å². The van der Waals surface area contributed by atoms with Crippen molar-refractivity contribution in [3.63, 3.8) is 0 Å². The van der Waals surface area contributed by atoms with E-state index < -0.39 is 5.97 Å². The van der Waals surface area contributed by atoms with Gasteiger partial charge < -0.3 is 9.84 Å². The van der Waals surface area contributed by atoms with Gasteiger partial charge in [0, 0.05) is 6.08 Å². The van der Waals surface area contributed by atoms with Crippen molar-refractivity contribution in [1.29, 1.82) is 0 Å². The minimum Gasteiger partial charge on any atom is -0.478 e. The molecule has 0 bridgehead atoms. The predicted molar refractivity (Wildman–Crippen MR) is 79.1 cm³/mol. The SMILES string of the molecule is Cc1cccc(Oc2cccc(C=CC(=O)O)c2)c1C. The van der Waals surface area contributed by atoms with Crippen LogP contribution in [0.3, 0.4) is 0 Å². The highest BCUT2D eigenvalue weighted by Crippen LogP contribution is 2.27. The summed E-state index contributed by atoms with van der Waals surface area (Å²) in [7, 11) is 0. The lowest BCUT2D eigenvalue weighted by atomic mass is 10.1. The predicted octanol–water partition coefficient (Wildman–Crippen LogP) is 4.19. The monoisotopic (exact) mass is 268 g/mol. The molecule has 1 N–H and O–H groups in total. The van der Waals surface area contributed by atoms with Gasteiger partial charge in [-0.15, -0.1) is 0 Å². The number of aryl methyl sites for hydroxylation is 1. The highest BCUT2D eigenvalue weighted by Gasteiger charge is 2.03. The minimum absolute atomic E-state index is 0.686. The van der Waals surface area contributed by atoms with Crippen LogP contribution in [0.25, 0.3) is 6.08 Å². The lowest BCUT2D eigenvalue weighted by Gasteiger charge is -2.10. The fraction of sp³-hybridized carbons (Fsp3) is 0.118. The molecule has 0 fully saturated rings. The molecule has 0 saturated carbocycles. The van der Waals surface area contributed by atoms with Crippen LogP contribution in [-0.4, -0.2) is 11.1 Å². The number of carbonyl (C=O) groups is 1. The third kappa shape index (κ3) is 3.48. The molecule has 0 amide bonds. The van der Waals surface area contributed by atoms with E-state index in [9.17, 15) is 4.79 Å². The molecule has 0 aromatic heterocycles. The first-order valence-corrected chi connectivity index (χ1v) is 6.31. The zero-order valence-electron chi connectivity index (χ0n) is 11.5. The lowest BCUT2D eigenvalue weighted by molar-refractivity contribution is -0.131. The minimum atomic E-state index is -0.967. The molecule has 0 aliphatic heterocycles. The highest BCUT2D eigenvalue weighted by atomic mass is 16.5. The van der Waals surface area contributed by atoms with Crippen molar-refractivity contribution in [3.05, 3.63) is 65.2 Å². The number of rotatable bonds is 4. The summed E-state index contributed by atoms with van der Waals surface area (Å²) in [4.78, 5) is 10.5. The van der Waals surface area contributed by atoms with E-state index in [1.807, 2.05) is 50.2 Å². The second-order valence-corrected chi connectivity index (χ2v) is 4.54. The first kappa shape index (κ1) is 13.9. The molecule has 0 heterocycles. The third-order valence-electron chi connectivity index (χ3n) is 3.06. The standard InChI is InChI=1S/C17H16O3/c1-12-5-3-8-16(13(12)2)20-15-7-4-6-14(11-15)9-10-17(18)19/h3-11H,1-2H3,(H,18,19). The topological polar surface area (TPSA) is 46.5 Å². The summed E-state index contributed by atoms with van der Waals surface area (Å²) in [5, 5.41) is 8.63. The average molecular weight is 268 g/mol. The number of hydrogen-bond donors (Lipinski definition) is 1. The van der Waals surface area contributed by atoms with Gasteiger partial charge in [0.2, 0.25) is 0 Å². The van der Waals surface area contributed by atoms with Crippen molar-refractivity contribution >= 4 is 12.0 Å². The fourth-order valence-corrected chi connectivity index (χ4v) is 1.81. The molecule has 2 rings (SSSR count). The summed E-state index contributed by atoms with van der Waals surface area (Å²) in [6, 6.07) is 13.2.